The lowest BCUT2D eigenvalue weighted by Crippen LogP contribution is -1.85. The first-order chi connectivity index (χ1) is 7.24. The van der Waals surface area contributed by atoms with Crippen molar-refractivity contribution in [3.05, 3.63) is 40.9 Å². The minimum atomic E-state index is 0.814. The maximum absolute atomic E-state index is 5.62. The van der Waals surface area contributed by atoms with Crippen molar-refractivity contribution in [2.75, 3.05) is 5.73 Å². The van der Waals surface area contributed by atoms with Gasteiger partial charge in [-0.3, -0.25) is 0 Å². The number of hydrogen-bond acceptors (Lipinski definition) is 4. The van der Waals surface area contributed by atoms with E-state index in [0.717, 1.165) is 21.5 Å². The van der Waals surface area contributed by atoms with Gasteiger partial charge in [-0.2, -0.15) is 0 Å². The molecular formula is C11H12N2S2. The Labute approximate surface area is 97.5 Å². The smallest absolute Gasteiger partial charge is 0.150 e. The molecule has 78 valence electrons. The van der Waals surface area contributed by atoms with E-state index in [1.165, 1.54) is 5.56 Å². The van der Waals surface area contributed by atoms with Crippen molar-refractivity contribution in [1.82, 2.24) is 4.98 Å². The van der Waals surface area contributed by atoms with Crippen LogP contribution in [0.1, 0.15) is 11.3 Å². The molecule has 1 heterocycles. The SMILES string of the molecule is Cc1csc(SCc2ccc(N)cc2)n1. The molecule has 0 atom stereocenters. The molecule has 0 bridgehead atoms. The monoisotopic (exact) mass is 236 g/mol. The maximum Gasteiger partial charge on any atom is 0.150 e. The van der Waals surface area contributed by atoms with Crippen molar-refractivity contribution in [1.29, 1.82) is 0 Å². The molecule has 0 fully saturated rings. The van der Waals surface area contributed by atoms with Crippen LogP contribution >= 0.6 is 23.1 Å². The van der Waals surface area contributed by atoms with E-state index in [1.807, 2.05) is 19.1 Å². The molecular weight excluding hydrogens is 224 g/mol. The first-order valence-corrected chi connectivity index (χ1v) is 6.50. The van der Waals surface area contributed by atoms with Crippen LogP contribution in [-0.2, 0) is 5.75 Å². The third-order valence-corrected chi connectivity index (χ3v) is 4.15. The van der Waals surface area contributed by atoms with E-state index >= 15 is 0 Å². The van der Waals surface area contributed by atoms with Crippen LogP contribution in [0.15, 0.2) is 34.0 Å². The first-order valence-electron chi connectivity index (χ1n) is 4.63. The predicted octanol–water partition coefficient (Wildman–Crippen LogP) is 3.33. The number of thioether (sulfide) groups is 1. The lowest BCUT2D eigenvalue weighted by molar-refractivity contribution is 1.16. The summed E-state index contributed by atoms with van der Waals surface area (Å²) in [4.78, 5) is 4.40. The van der Waals surface area contributed by atoms with Crippen LogP contribution in [0, 0.1) is 6.92 Å². The molecule has 0 saturated heterocycles. The highest BCUT2D eigenvalue weighted by Crippen LogP contribution is 2.26. The van der Waals surface area contributed by atoms with Gasteiger partial charge in [-0.05, 0) is 24.6 Å². The van der Waals surface area contributed by atoms with Gasteiger partial charge in [-0.15, -0.1) is 11.3 Å². The summed E-state index contributed by atoms with van der Waals surface area (Å²) in [5, 5.41) is 2.07. The Morgan fingerprint density at radius 3 is 2.67 bits per heavy atom. The molecule has 2 rings (SSSR count). The summed E-state index contributed by atoms with van der Waals surface area (Å²) in [6.07, 6.45) is 0. The fraction of sp³-hybridized carbons (Fsp3) is 0.182. The zero-order chi connectivity index (χ0) is 10.7. The minimum absolute atomic E-state index is 0.814. The van der Waals surface area contributed by atoms with E-state index in [-0.39, 0.29) is 0 Å². The van der Waals surface area contributed by atoms with E-state index in [2.05, 4.69) is 22.5 Å². The highest BCUT2D eigenvalue weighted by molar-refractivity contribution is 8.00. The molecule has 0 spiro atoms. The van der Waals surface area contributed by atoms with Crippen molar-refractivity contribution in [3.8, 4) is 0 Å². The van der Waals surface area contributed by atoms with Crippen LogP contribution in [0.3, 0.4) is 0 Å². The molecule has 0 saturated carbocycles. The molecule has 0 aliphatic rings. The van der Waals surface area contributed by atoms with Gasteiger partial charge in [0.2, 0.25) is 0 Å². The number of rotatable bonds is 3. The van der Waals surface area contributed by atoms with Gasteiger partial charge in [0.25, 0.3) is 0 Å². The summed E-state index contributed by atoms with van der Waals surface area (Å²) in [5.41, 5.74) is 8.81. The van der Waals surface area contributed by atoms with Gasteiger partial charge in [0, 0.05) is 22.5 Å². The quantitative estimate of drug-likeness (QED) is 0.656. The maximum atomic E-state index is 5.62. The van der Waals surface area contributed by atoms with Gasteiger partial charge in [0.05, 0.1) is 0 Å². The van der Waals surface area contributed by atoms with E-state index in [4.69, 9.17) is 5.73 Å². The van der Waals surface area contributed by atoms with Gasteiger partial charge in [0.1, 0.15) is 4.34 Å². The van der Waals surface area contributed by atoms with Gasteiger partial charge >= 0.3 is 0 Å². The molecule has 0 amide bonds. The highest BCUT2D eigenvalue weighted by Gasteiger charge is 2.00. The topological polar surface area (TPSA) is 38.9 Å². The molecule has 2 nitrogen and oxygen atoms in total. The van der Waals surface area contributed by atoms with E-state index < -0.39 is 0 Å². The lowest BCUT2D eigenvalue weighted by atomic mass is 10.2. The molecule has 2 N–H and O–H groups in total. The van der Waals surface area contributed by atoms with E-state index in [0.29, 0.717) is 0 Å². The number of nitrogen functional groups attached to an aromatic ring is 1. The standard InChI is InChI=1S/C11H12N2S2/c1-8-6-14-11(13-8)15-7-9-2-4-10(12)5-3-9/h2-6H,7,12H2,1H3. The average molecular weight is 236 g/mol. The molecule has 0 unspecified atom stereocenters. The van der Waals surface area contributed by atoms with Crippen LogP contribution in [0.2, 0.25) is 0 Å². The Kier molecular flexibility index (Phi) is 3.28. The molecule has 0 aliphatic carbocycles. The van der Waals surface area contributed by atoms with Crippen molar-refractivity contribution in [3.63, 3.8) is 0 Å². The third kappa shape index (κ3) is 2.97. The van der Waals surface area contributed by atoms with E-state index in [1.54, 1.807) is 23.1 Å². The minimum Gasteiger partial charge on any atom is -0.399 e. The fourth-order valence-corrected chi connectivity index (χ4v) is 2.96. The summed E-state index contributed by atoms with van der Waals surface area (Å²) in [7, 11) is 0. The molecule has 0 radical (unpaired) electrons. The fourth-order valence-electron chi connectivity index (χ4n) is 1.16. The number of aryl methyl sites for hydroxylation is 1. The van der Waals surface area contributed by atoms with Crippen LogP contribution in [0.4, 0.5) is 5.69 Å². The summed E-state index contributed by atoms with van der Waals surface area (Å²) in [5.74, 6) is 0.952. The molecule has 2 aromatic rings. The molecule has 15 heavy (non-hydrogen) atoms. The first kappa shape index (κ1) is 10.5. The van der Waals surface area contributed by atoms with Crippen LogP contribution in [-0.4, -0.2) is 4.98 Å². The number of anilines is 1. The largest absolute Gasteiger partial charge is 0.399 e. The van der Waals surface area contributed by atoms with Gasteiger partial charge < -0.3 is 5.73 Å². The number of nitrogens with zero attached hydrogens (tertiary/aromatic N) is 1. The summed E-state index contributed by atoms with van der Waals surface area (Å²) in [6.45, 7) is 2.02. The van der Waals surface area contributed by atoms with Crippen molar-refractivity contribution in [2.45, 2.75) is 17.0 Å². The average Bonchev–Trinajstić information content (AvgIpc) is 2.64. The van der Waals surface area contributed by atoms with Crippen LogP contribution in [0.5, 0.6) is 0 Å². The second kappa shape index (κ2) is 4.68. The summed E-state index contributed by atoms with van der Waals surface area (Å²) in [6, 6.07) is 7.98. The summed E-state index contributed by atoms with van der Waals surface area (Å²) >= 11 is 3.47. The lowest BCUT2D eigenvalue weighted by Gasteiger charge is -1.99. The number of aromatic nitrogens is 1. The zero-order valence-corrected chi connectivity index (χ0v) is 10.1. The molecule has 1 aromatic carbocycles. The Balaban J connectivity index is 1.96. The number of hydrogen-bond donors (Lipinski definition) is 1. The molecule has 0 aliphatic heterocycles. The predicted molar refractivity (Wildman–Crippen MR) is 67.3 cm³/mol. The van der Waals surface area contributed by atoms with Gasteiger partial charge in [0.15, 0.2) is 0 Å². The Morgan fingerprint density at radius 1 is 1.33 bits per heavy atom. The van der Waals surface area contributed by atoms with Crippen molar-refractivity contribution < 1.29 is 0 Å². The number of benzene rings is 1. The second-order valence-corrected chi connectivity index (χ2v) is 5.37. The molecule has 4 heteroatoms. The normalized spacial score (nSPS) is 10.5. The van der Waals surface area contributed by atoms with Gasteiger partial charge in [-0.1, -0.05) is 23.9 Å². The Bertz CT molecular complexity index is 434. The number of thiazole rings is 1. The summed E-state index contributed by atoms with van der Waals surface area (Å²) < 4.78 is 1.13. The second-order valence-electron chi connectivity index (χ2n) is 3.29. The van der Waals surface area contributed by atoms with Gasteiger partial charge in [-0.25, -0.2) is 4.98 Å². The van der Waals surface area contributed by atoms with Crippen molar-refractivity contribution >= 4 is 28.8 Å². The zero-order valence-electron chi connectivity index (χ0n) is 8.43. The van der Waals surface area contributed by atoms with E-state index in [9.17, 15) is 0 Å². The Hall–Kier alpha value is -1.00. The highest BCUT2D eigenvalue weighted by atomic mass is 32.2. The van der Waals surface area contributed by atoms with Crippen LogP contribution in [0.25, 0.3) is 0 Å². The van der Waals surface area contributed by atoms with Crippen molar-refractivity contribution in [2.24, 2.45) is 0 Å². The molecule has 1 aromatic heterocycles. The Morgan fingerprint density at radius 2 is 2.07 bits per heavy atom. The number of nitrogens with two attached hydrogens (primary N) is 1. The van der Waals surface area contributed by atoms with Crippen LogP contribution < -0.4 is 5.73 Å². The third-order valence-electron chi connectivity index (χ3n) is 1.94.